The zero-order valence-corrected chi connectivity index (χ0v) is 17.8. The third-order valence-electron chi connectivity index (χ3n) is 5.42. The lowest BCUT2D eigenvalue weighted by molar-refractivity contribution is 0.0993. The fourth-order valence-electron chi connectivity index (χ4n) is 3.79. The lowest BCUT2D eigenvalue weighted by Crippen LogP contribution is -2.15. The number of methoxy groups -OCH3 is 1. The molecule has 1 aliphatic carbocycles. The molecule has 0 spiro atoms. The lowest BCUT2D eigenvalue weighted by atomic mass is 10.0. The first-order valence-electron chi connectivity index (χ1n) is 10.0. The summed E-state index contributed by atoms with van der Waals surface area (Å²) in [5.41, 5.74) is 4.48. The summed E-state index contributed by atoms with van der Waals surface area (Å²) < 4.78 is 7.29. The summed E-state index contributed by atoms with van der Waals surface area (Å²) >= 11 is 1.47. The van der Waals surface area contributed by atoms with Crippen molar-refractivity contribution in [3.05, 3.63) is 59.2 Å². The highest BCUT2D eigenvalue weighted by Gasteiger charge is 2.22. The van der Waals surface area contributed by atoms with Crippen LogP contribution >= 0.6 is 11.8 Å². The van der Waals surface area contributed by atoms with Gasteiger partial charge in [-0.2, -0.15) is 0 Å². The Kier molecular flexibility index (Phi) is 5.72. The van der Waals surface area contributed by atoms with Crippen molar-refractivity contribution in [1.82, 2.24) is 14.8 Å². The van der Waals surface area contributed by atoms with Crippen molar-refractivity contribution in [3.8, 4) is 17.1 Å². The highest BCUT2D eigenvalue weighted by molar-refractivity contribution is 8.00. The Morgan fingerprint density at radius 1 is 1.14 bits per heavy atom. The summed E-state index contributed by atoms with van der Waals surface area (Å²) in [4.78, 5) is 13.0. The Labute approximate surface area is 175 Å². The van der Waals surface area contributed by atoms with E-state index in [0.29, 0.717) is 0 Å². The molecule has 29 heavy (non-hydrogen) atoms. The van der Waals surface area contributed by atoms with Crippen molar-refractivity contribution < 1.29 is 9.53 Å². The van der Waals surface area contributed by atoms with Gasteiger partial charge in [0.15, 0.2) is 16.8 Å². The molecule has 1 atom stereocenters. The number of thioether (sulfide) groups is 1. The Hall–Kier alpha value is -2.60. The molecule has 1 unspecified atom stereocenters. The predicted octanol–water partition coefficient (Wildman–Crippen LogP) is 4.83. The normalized spacial score (nSPS) is 13.9. The third-order valence-corrected chi connectivity index (χ3v) is 6.50. The van der Waals surface area contributed by atoms with Crippen molar-refractivity contribution in [2.75, 3.05) is 7.11 Å². The van der Waals surface area contributed by atoms with E-state index in [4.69, 9.17) is 4.74 Å². The number of nitrogens with zero attached hydrogens (tertiary/aromatic N) is 3. The van der Waals surface area contributed by atoms with Crippen LogP contribution in [0.5, 0.6) is 5.75 Å². The van der Waals surface area contributed by atoms with Gasteiger partial charge >= 0.3 is 0 Å². The Balaban J connectivity index is 1.54. The quantitative estimate of drug-likeness (QED) is 0.415. The van der Waals surface area contributed by atoms with Crippen LogP contribution in [0.2, 0.25) is 0 Å². The lowest BCUT2D eigenvalue weighted by Gasteiger charge is -2.12. The predicted molar refractivity (Wildman–Crippen MR) is 116 cm³/mol. The van der Waals surface area contributed by atoms with E-state index in [-0.39, 0.29) is 11.0 Å². The van der Waals surface area contributed by atoms with Gasteiger partial charge in [-0.15, -0.1) is 10.2 Å². The first kappa shape index (κ1) is 19.7. The monoisotopic (exact) mass is 407 g/mol. The molecule has 0 N–H and O–H groups in total. The van der Waals surface area contributed by atoms with Crippen LogP contribution in [0.4, 0.5) is 0 Å². The van der Waals surface area contributed by atoms with Gasteiger partial charge in [0.25, 0.3) is 0 Å². The number of rotatable bonds is 7. The first-order chi connectivity index (χ1) is 14.1. The second kappa shape index (κ2) is 8.41. The van der Waals surface area contributed by atoms with Crippen LogP contribution in [0.25, 0.3) is 11.4 Å². The van der Waals surface area contributed by atoms with Crippen LogP contribution in [0.1, 0.15) is 41.8 Å². The fraction of sp³-hybridized carbons (Fsp3) is 0.348. The van der Waals surface area contributed by atoms with E-state index in [2.05, 4.69) is 33.8 Å². The van der Waals surface area contributed by atoms with Crippen molar-refractivity contribution >= 4 is 17.5 Å². The van der Waals surface area contributed by atoms with Gasteiger partial charge in [-0.3, -0.25) is 4.79 Å². The molecule has 6 heteroatoms. The van der Waals surface area contributed by atoms with Crippen LogP contribution in [-0.2, 0) is 19.4 Å². The largest absolute Gasteiger partial charge is 0.497 e. The standard InChI is InChI=1S/C23H25N3O2S/c1-4-26-22(17-10-12-20(28-3)13-11-17)24-25-23(26)29-15(2)21(27)19-9-8-16-6-5-7-18(16)14-19/h8-15H,4-7H2,1-3H3. The molecule has 0 saturated heterocycles. The number of Topliss-reactive ketones (excluding diaryl/α,β-unsaturated/α-hetero) is 1. The summed E-state index contributed by atoms with van der Waals surface area (Å²) in [5, 5.41) is 9.29. The summed E-state index contributed by atoms with van der Waals surface area (Å²) in [6.45, 7) is 4.74. The molecule has 1 aromatic heterocycles. The molecular weight excluding hydrogens is 382 g/mol. The highest BCUT2D eigenvalue weighted by Crippen LogP contribution is 2.30. The maximum Gasteiger partial charge on any atom is 0.192 e. The van der Waals surface area contributed by atoms with Crippen LogP contribution in [0, 0.1) is 0 Å². The SMILES string of the molecule is CCn1c(SC(C)C(=O)c2ccc3c(c2)CCC3)nnc1-c1ccc(OC)cc1. The van der Waals surface area contributed by atoms with E-state index < -0.39 is 0 Å². The topological polar surface area (TPSA) is 57.0 Å². The Morgan fingerprint density at radius 3 is 2.62 bits per heavy atom. The van der Waals surface area contributed by atoms with Gasteiger partial charge in [0.2, 0.25) is 0 Å². The second-order valence-corrected chi connectivity index (χ2v) is 8.55. The number of ketones is 1. The molecule has 2 aromatic carbocycles. The maximum atomic E-state index is 13.0. The molecule has 5 nitrogen and oxygen atoms in total. The number of benzene rings is 2. The van der Waals surface area contributed by atoms with E-state index in [1.807, 2.05) is 37.3 Å². The number of carbonyl (C=O) groups excluding carboxylic acids is 1. The number of aromatic nitrogens is 3. The van der Waals surface area contributed by atoms with Crippen LogP contribution in [0.3, 0.4) is 0 Å². The molecule has 0 amide bonds. The van der Waals surface area contributed by atoms with E-state index in [1.165, 1.54) is 29.3 Å². The molecule has 0 radical (unpaired) electrons. The molecular formula is C23H25N3O2S. The zero-order chi connectivity index (χ0) is 20.4. The summed E-state index contributed by atoms with van der Waals surface area (Å²) in [6.07, 6.45) is 3.39. The minimum absolute atomic E-state index is 0.140. The van der Waals surface area contributed by atoms with Gasteiger partial charge in [-0.25, -0.2) is 0 Å². The number of ether oxygens (including phenoxy) is 1. The van der Waals surface area contributed by atoms with Crippen LogP contribution in [-0.4, -0.2) is 32.9 Å². The summed E-state index contributed by atoms with van der Waals surface area (Å²) in [5.74, 6) is 1.75. The van der Waals surface area contributed by atoms with Crippen molar-refractivity contribution in [3.63, 3.8) is 0 Å². The minimum atomic E-state index is -0.229. The molecule has 1 aliphatic rings. The van der Waals surface area contributed by atoms with Gasteiger partial charge < -0.3 is 9.30 Å². The van der Waals surface area contributed by atoms with Crippen LogP contribution in [0.15, 0.2) is 47.6 Å². The van der Waals surface area contributed by atoms with E-state index in [9.17, 15) is 4.79 Å². The number of hydrogen-bond donors (Lipinski definition) is 0. The molecule has 150 valence electrons. The maximum absolute atomic E-state index is 13.0. The van der Waals surface area contributed by atoms with Gasteiger partial charge in [0, 0.05) is 17.7 Å². The second-order valence-electron chi connectivity index (χ2n) is 7.24. The molecule has 3 aromatic rings. The zero-order valence-electron chi connectivity index (χ0n) is 17.0. The Bertz CT molecular complexity index is 1030. The van der Waals surface area contributed by atoms with Gasteiger partial charge in [0.1, 0.15) is 5.75 Å². The van der Waals surface area contributed by atoms with E-state index in [0.717, 1.165) is 47.2 Å². The van der Waals surface area contributed by atoms with Gasteiger partial charge in [-0.1, -0.05) is 23.9 Å². The molecule has 0 saturated carbocycles. The van der Waals surface area contributed by atoms with Crippen LogP contribution < -0.4 is 4.74 Å². The molecule has 0 aliphatic heterocycles. The average Bonchev–Trinajstić information content (AvgIpc) is 3.39. The van der Waals surface area contributed by atoms with Crippen molar-refractivity contribution in [1.29, 1.82) is 0 Å². The molecule has 1 heterocycles. The van der Waals surface area contributed by atoms with E-state index in [1.54, 1.807) is 7.11 Å². The molecule has 0 bridgehead atoms. The summed E-state index contributed by atoms with van der Waals surface area (Å²) in [7, 11) is 1.65. The van der Waals surface area contributed by atoms with Gasteiger partial charge in [-0.05, 0) is 74.6 Å². The number of aryl methyl sites for hydroxylation is 2. The third kappa shape index (κ3) is 3.94. The highest BCUT2D eigenvalue weighted by atomic mass is 32.2. The smallest absolute Gasteiger partial charge is 0.192 e. The van der Waals surface area contributed by atoms with Crippen molar-refractivity contribution in [2.45, 2.75) is 50.1 Å². The number of carbonyl (C=O) groups is 1. The molecule has 0 fully saturated rings. The van der Waals surface area contributed by atoms with Crippen molar-refractivity contribution in [2.24, 2.45) is 0 Å². The first-order valence-corrected chi connectivity index (χ1v) is 10.9. The number of hydrogen-bond acceptors (Lipinski definition) is 5. The van der Waals surface area contributed by atoms with Gasteiger partial charge in [0.05, 0.1) is 12.4 Å². The summed E-state index contributed by atoms with van der Waals surface area (Å²) in [6, 6.07) is 13.9. The minimum Gasteiger partial charge on any atom is -0.497 e. The average molecular weight is 408 g/mol. The number of fused-ring (bicyclic) bond motifs is 1. The van der Waals surface area contributed by atoms with E-state index >= 15 is 0 Å². The fourth-order valence-corrected chi connectivity index (χ4v) is 4.78. The Morgan fingerprint density at radius 2 is 1.90 bits per heavy atom. The molecule has 4 rings (SSSR count).